The molecule has 41 heavy (non-hydrogen) atoms. The summed E-state index contributed by atoms with van der Waals surface area (Å²) in [4.78, 5) is 0. The van der Waals surface area contributed by atoms with E-state index < -0.39 is 0 Å². The van der Waals surface area contributed by atoms with E-state index >= 15 is 0 Å². The molecule has 0 N–H and O–H groups in total. The van der Waals surface area contributed by atoms with E-state index in [4.69, 9.17) is 5.10 Å². The second-order valence-corrected chi connectivity index (χ2v) is 13.0. The molecule has 0 radical (unpaired) electrons. The average Bonchev–Trinajstić information content (AvgIpc) is 3.33. The molecule has 4 aromatic rings. The Labute approximate surface area is 246 Å². The molecule has 3 aromatic carbocycles. The molecule has 4 heteroatoms. The van der Waals surface area contributed by atoms with Gasteiger partial charge in [0.25, 0.3) is 5.82 Å². The van der Waals surface area contributed by atoms with Crippen LogP contribution in [0.1, 0.15) is 107 Å². The Hall–Kier alpha value is -3.71. The second kappa shape index (κ2) is 11.3. The van der Waals surface area contributed by atoms with E-state index in [1.807, 2.05) is 0 Å². The molecule has 1 unspecified atom stereocenters. The number of fused-ring (bicyclic) bond motifs is 3. The molecule has 212 valence electrons. The van der Waals surface area contributed by atoms with Crippen LogP contribution < -0.4 is 4.68 Å². The van der Waals surface area contributed by atoms with Crippen molar-refractivity contribution in [3.63, 3.8) is 0 Å². The number of hydrogen-bond acceptors (Lipinski definition) is 2. The first-order chi connectivity index (χ1) is 19.6. The van der Waals surface area contributed by atoms with Crippen molar-refractivity contribution < 1.29 is 4.68 Å². The zero-order valence-corrected chi connectivity index (χ0v) is 26.1. The van der Waals surface area contributed by atoms with Crippen molar-refractivity contribution in [2.75, 3.05) is 0 Å². The summed E-state index contributed by atoms with van der Waals surface area (Å²) in [5.41, 5.74) is 9.36. The van der Waals surface area contributed by atoms with Crippen LogP contribution in [0.4, 0.5) is 0 Å². The highest BCUT2D eigenvalue weighted by molar-refractivity contribution is 5.72. The molecule has 2 heterocycles. The van der Waals surface area contributed by atoms with Crippen LogP contribution in [0.5, 0.6) is 0 Å². The van der Waals surface area contributed by atoms with E-state index in [1.165, 1.54) is 39.9 Å². The van der Waals surface area contributed by atoms with E-state index in [9.17, 15) is 5.26 Å². The predicted molar refractivity (Wildman–Crippen MR) is 168 cm³/mol. The van der Waals surface area contributed by atoms with Gasteiger partial charge >= 0.3 is 5.82 Å². The number of hydrogen-bond donors (Lipinski definition) is 0. The van der Waals surface area contributed by atoms with Crippen LogP contribution in [-0.2, 0) is 12.0 Å². The molecule has 1 atom stereocenters. The maximum atomic E-state index is 9.96. The van der Waals surface area contributed by atoms with Crippen LogP contribution in [0.3, 0.4) is 0 Å². The molecule has 0 amide bonds. The smallest absolute Gasteiger partial charge is 0.192 e. The Bertz CT molecular complexity index is 1590. The third-order valence-corrected chi connectivity index (χ3v) is 9.10. The molecule has 0 fully saturated rings. The molecule has 0 bridgehead atoms. The quantitative estimate of drug-likeness (QED) is 0.207. The van der Waals surface area contributed by atoms with Gasteiger partial charge in [0, 0.05) is 22.1 Å². The van der Waals surface area contributed by atoms with Crippen LogP contribution in [0.25, 0.3) is 28.5 Å². The monoisotopic (exact) mass is 545 g/mol. The second-order valence-electron chi connectivity index (χ2n) is 13.0. The Morgan fingerprint density at radius 1 is 0.927 bits per heavy atom. The van der Waals surface area contributed by atoms with Crippen molar-refractivity contribution in [2.45, 2.75) is 98.4 Å². The molecule has 5 rings (SSSR count). The van der Waals surface area contributed by atoms with Gasteiger partial charge in [0.05, 0.1) is 17.2 Å². The Kier molecular flexibility index (Phi) is 7.93. The minimum atomic E-state index is 0.0349. The molecule has 0 saturated carbocycles. The zero-order valence-electron chi connectivity index (χ0n) is 26.1. The molecule has 0 aliphatic carbocycles. The van der Waals surface area contributed by atoms with Crippen molar-refractivity contribution in [3.05, 3.63) is 88.5 Å². The highest BCUT2D eigenvalue weighted by atomic mass is 15.4. The first-order valence-corrected chi connectivity index (χ1v) is 15.4. The van der Waals surface area contributed by atoms with Crippen molar-refractivity contribution in [1.82, 2.24) is 9.67 Å². The van der Waals surface area contributed by atoms with Gasteiger partial charge < -0.3 is 0 Å². The summed E-state index contributed by atoms with van der Waals surface area (Å²) < 4.78 is 4.75. The average molecular weight is 546 g/mol. The van der Waals surface area contributed by atoms with Crippen molar-refractivity contribution in [2.24, 2.45) is 5.92 Å². The fourth-order valence-corrected chi connectivity index (χ4v) is 6.66. The lowest BCUT2D eigenvalue weighted by Gasteiger charge is -2.36. The number of nitrogens with zero attached hydrogens (tertiary/aromatic N) is 4. The lowest BCUT2D eigenvalue weighted by atomic mass is 9.70. The molecule has 0 spiro atoms. The van der Waals surface area contributed by atoms with E-state index in [-0.39, 0.29) is 17.3 Å². The van der Waals surface area contributed by atoms with Gasteiger partial charge in [-0.3, -0.25) is 0 Å². The summed E-state index contributed by atoms with van der Waals surface area (Å²) >= 11 is 0. The maximum Gasteiger partial charge on any atom is 0.316 e. The van der Waals surface area contributed by atoms with Gasteiger partial charge in [-0.2, -0.15) is 9.83 Å². The van der Waals surface area contributed by atoms with Crippen LogP contribution >= 0.6 is 0 Å². The van der Waals surface area contributed by atoms with E-state index in [1.54, 1.807) is 0 Å². The van der Waals surface area contributed by atoms with Gasteiger partial charge in [-0.25, -0.2) is 0 Å². The fraction of sp³-hybridized carbons (Fsp3) is 0.432. The number of benzene rings is 3. The van der Waals surface area contributed by atoms with Gasteiger partial charge in [0.1, 0.15) is 12.2 Å². The molecule has 0 saturated heterocycles. The summed E-state index contributed by atoms with van der Waals surface area (Å²) in [5.74, 6) is 3.24. The first-order valence-electron chi connectivity index (χ1n) is 15.4. The number of nitriles is 1. The largest absolute Gasteiger partial charge is 0.316 e. The molecular weight excluding hydrogens is 500 g/mol. The SMILES string of the molecule is CCC1(CCC(C)C)C[n+]2nc(-c3ccccc3C)n(-c3c(C(C)C)cc(C#N)cc3C(C)C)c2-c2ccccc21. The van der Waals surface area contributed by atoms with Crippen molar-refractivity contribution >= 4 is 0 Å². The Morgan fingerprint density at radius 3 is 2.10 bits per heavy atom. The summed E-state index contributed by atoms with van der Waals surface area (Å²) in [7, 11) is 0. The third-order valence-electron chi connectivity index (χ3n) is 9.10. The number of aryl methyl sites for hydroxylation is 1. The summed E-state index contributed by atoms with van der Waals surface area (Å²) in [5, 5.41) is 15.4. The van der Waals surface area contributed by atoms with Crippen LogP contribution in [0.15, 0.2) is 60.7 Å². The van der Waals surface area contributed by atoms with Crippen LogP contribution in [-0.4, -0.2) is 9.67 Å². The van der Waals surface area contributed by atoms with Crippen LogP contribution in [0, 0.1) is 24.2 Å². The maximum absolute atomic E-state index is 9.96. The van der Waals surface area contributed by atoms with E-state index in [2.05, 4.69) is 131 Å². The number of aromatic nitrogens is 3. The predicted octanol–water partition coefficient (Wildman–Crippen LogP) is 9.02. The van der Waals surface area contributed by atoms with Crippen molar-refractivity contribution in [1.29, 1.82) is 5.26 Å². The molecule has 1 aromatic heterocycles. The van der Waals surface area contributed by atoms with E-state index in [0.29, 0.717) is 5.92 Å². The van der Waals surface area contributed by atoms with Gasteiger partial charge in [-0.05, 0) is 84.4 Å². The molecule has 4 nitrogen and oxygen atoms in total. The summed E-state index contributed by atoms with van der Waals surface area (Å²) in [6, 6.07) is 24.3. The van der Waals surface area contributed by atoms with Crippen molar-refractivity contribution in [3.8, 4) is 34.5 Å². The summed E-state index contributed by atoms with van der Waals surface area (Å²) in [6.07, 6.45) is 3.40. The third kappa shape index (κ3) is 5.01. The topological polar surface area (TPSA) is 45.5 Å². The minimum absolute atomic E-state index is 0.0349. The number of rotatable bonds is 8. The first kappa shape index (κ1) is 28.8. The standard InChI is InChI=1S/C37H45N4/c1-9-37(19-18-24(2)3)23-40-36(30-16-12-13-17-33(30)37)41(35(39-40)29-15-11-10-14-27(29)8)34-31(25(4)5)20-28(22-38)21-32(34)26(6)7/h10-17,20-21,24-26H,9,18-19,23H2,1-8H3/q+1. The Morgan fingerprint density at radius 2 is 1.54 bits per heavy atom. The highest BCUT2D eigenvalue weighted by Gasteiger charge is 2.46. The molecule has 1 aliphatic heterocycles. The normalized spacial score (nSPS) is 16.2. The lowest BCUT2D eigenvalue weighted by Crippen LogP contribution is -2.52. The highest BCUT2D eigenvalue weighted by Crippen LogP contribution is 2.46. The van der Waals surface area contributed by atoms with Gasteiger partial charge in [-0.15, -0.1) is 4.68 Å². The molecular formula is C37H45N4+. The van der Waals surface area contributed by atoms with Gasteiger partial charge in [0.15, 0.2) is 0 Å². The Balaban J connectivity index is 1.93. The van der Waals surface area contributed by atoms with Gasteiger partial charge in [0.2, 0.25) is 0 Å². The van der Waals surface area contributed by atoms with E-state index in [0.717, 1.165) is 42.2 Å². The summed E-state index contributed by atoms with van der Waals surface area (Å²) in [6.45, 7) is 19.0. The minimum Gasteiger partial charge on any atom is -0.192 e. The lowest BCUT2D eigenvalue weighted by molar-refractivity contribution is -0.750. The molecule has 1 aliphatic rings. The zero-order chi connectivity index (χ0) is 29.5. The fourth-order valence-electron chi connectivity index (χ4n) is 6.66. The van der Waals surface area contributed by atoms with Crippen LogP contribution in [0.2, 0.25) is 0 Å². The van der Waals surface area contributed by atoms with Gasteiger partial charge in [-0.1, -0.05) is 84.9 Å².